The normalized spacial score (nSPS) is 16.4. The van der Waals surface area contributed by atoms with Gasteiger partial charge in [-0.05, 0) is 43.3 Å². The third kappa shape index (κ3) is 4.79. The molecule has 2 N–H and O–H groups in total. The van der Waals surface area contributed by atoms with Crippen molar-refractivity contribution in [2.45, 2.75) is 13.0 Å². The number of piperazine rings is 1. The number of esters is 1. The smallest absolute Gasteiger partial charge is 0.356 e. The SMILES string of the molecule is COC(=O)c1[nH]c2cc(OC)ccc2c1NC(=O)CN1CCN(c2ccc(OC)cc2)C(C)C1. The fourth-order valence-electron chi connectivity index (χ4n) is 4.40. The van der Waals surface area contributed by atoms with Crippen molar-refractivity contribution in [1.29, 1.82) is 0 Å². The number of methoxy groups -OCH3 is 3. The van der Waals surface area contributed by atoms with Crippen LogP contribution in [0.4, 0.5) is 11.4 Å². The van der Waals surface area contributed by atoms with E-state index in [0.717, 1.165) is 31.1 Å². The minimum Gasteiger partial charge on any atom is -0.497 e. The predicted octanol–water partition coefficient (Wildman–Crippen LogP) is 3.12. The number of H-pyrrole nitrogens is 1. The molecule has 9 nitrogen and oxygen atoms in total. The zero-order valence-electron chi connectivity index (χ0n) is 19.9. The molecule has 1 saturated heterocycles. The van der Waals surface area contributed by atoms with Crippen LogP contribution in [-0.2, 0) is 9.53 Å². The van der Waals surface area contributed by atoms with Crippen LogP contribution in [0.15, 0.2) is 42.5 Å². The second kappa shape index (κ2) is 10.0. The van der Waals surface area contributed by atoms with Crippen molar-refractivity contribution in [2.24, 2.45) is 0 Å². The largest absolute Gasteiger partial charge is 0.497 e. The number of rotatable bonds is 7. The van der Waals surface area contributed by atoms with E-state index >= 15 is 0 Å². The molecule has 0 spiro atoms. The molecular weight excluding hydrogens is 436 g/mol. The number of fused-ring (bicyclic) bond motifs is 1. The van der Waals surface area contributed by atoms with Gasteiger partial charge in [-0.1, -0.05) is 0 Å². The van der Waals surface area contributed by atoms with Crippen LogP contribution < -0.4 is 19.7 Å². The number of nitrogens with one attached hydrogen (secondary N) is 2. The molecule has 0 radical (unpaired) electrons. The molecule has 3 aromatic rings. The summed E-state index contributed by atoms with van der Waals surface area (Å²) in [4.78, 5) is 32.8. The second-order valence-electron chi connectivity index (χ2n) is 8.30. The van der Waals surface area contributed by atoms with Gasteiger partial charge in [0, 0.05) is 42.8 Å². The molecule has 0 aliphatic carbocycles. The van der Waals surface area contributed by atoms with E-state index in [1.54, 1.807) is 26.4 Å². The van der Waals surface area contributed by atoms with Gasteiger partial charge in [0.25, 0.3) is 0 Å². The van der Waals surface area contributed by atoms with Gasteiger partial charge in [-0.3, -0.25) is 9.69 Å². The average molecular weight is 467 g/mol. The highest BCUT2D eigenvalue weighted by molar-refractivity contribution is 6.11. The number of anilines is 2. The van der Waals surface area contributed by atoms with Crippen LogP contribution in [0.2, 0.25) is 0 Å². The number of ether oxygens (including phenoxy) is 3. The summed E-state index contributed by atoms with van der Waals surface area (Å²) in [6.45, 7) is 4.68. The Morgan fingerprint density at radius 2 is 1.74 bits per heavy atom. The lowest BCUT2D eigenvalue weighted by Gasteiger charge is -2.41. The molecule has 1 aromatic heterocycles. The number of benzene rings is 2. The highest BCUT2D eigenvalue weighted by atomic mass is 16.5. The number of nitrogens with zero attached hydrogens (tertiary/aromatic N) is 2. The van der Waals surface area contributed by atoms with Gasteiger partial charge in [0.05, 0.1) is 39.1 Å². The highest BCUT2D eigenvalue weighted by Gasteiger charge is 2.26. The van der Waals surface area contributed by atoms with E-state index in [4.69, 9.17) is 14.2 Å². The minimum atomic E-state index is -0.549. The third-order valence-electron chi connectivity index (χ3n) is 6.14. The lowest BCUT2D eigenvalue weighted by Crippen LogP contribution is -2.53. The van der Waals surface area contributed by atoms with E-state index in [0.29, 0.717) is 22.3 Å². The number of carbonyl (C=O) groups excluding carboxylic acids is 2. The Labute approximate surface area is 198 Å². The Hall–Kier alpha value is -3.72. The predicted molar refractivity (Wildman–Crippen MR) is 131 cm³/mol. The molecular formula is C25H30N4O5. The van der Waals surface area contributed by atoms with Gasteiger partial charge < -0.3 is 29.4 Å². The maximum atomic E-state index is 13.0. The van der Waals surface area contributed by atoms with Crippen LogP contribution in [0.25, 0.3) is 10.9 Å². The first-order chi connectivity index (χ1) is 16.4. The van der Waals surface area contributed by atoms with Gasteiger partial charge in [-0.15, -0.1) is 0 Å². The van der Waals surface area contributed by atoms with Crippen molar-refractivity contribution in [1.82, 2.24) is 9.88 Å². The fraction of sp³-hybridized carbons (Fsp3) is 0.360. The summed E-state index contributed by atoms with van der Waals surface area (Å²) in [6, 6.07) is 13.6. The van der Waals surface area contributed by atoms with Crippen LogP contribution >= 0.6 is 0 Å². The quantitative estimate of drug-likeness (QED) is 0.517. The summed E-state index contributed by atoms with van der Waals surface area (Å²) in [6.07, 6.45) is 0. The summed E-state index contributed by atoms with van der Waals surface area (Å²) in [5.41, 5.74) is 2.43. The van der Waals surface area contributed by atoms with Crippen LogP contribution in [0, 0.1) is 0 Å². The van der Waals surface area contributed by atoms with Gasteiger partial charge in [0.1, 0.15) is 17.2 Å². The molecule has 1 fully saturated rings. The molecule has 0 bridgehead atoms. The Kier molecular flexibility index (Phi) is 6.93. The van der Waals surface area contributed by atoms with Crippen molar-refractivity contribution < 1.29 is 23.8 Å². The molecule has 1 amide bonds. The van der Waals surface area contributed by atoms with Gasteiger partial charge in [-0.25, -0.2) is 4.79 Å². The number of hydrogen-bond acceptors (Lipinski definition) is 7. The summed E-state index contributed by atoms with van der Waals surface area (Å²) in [5, 5.41) is 3.64. The lowest BCUT2D eigenvalue weighted by atomic mass is 10.1. The molecule has 4 rings (SSSR count). The molecule has 1 aliphatic heterocycles. The maximum Gasteiger partial charge on any atom is 0.356 e. The van der Waals surface area contributed by atoms with Crippen LogP contribution in [-0.4, -0.2) is 75.3 Å². The number of carbonyl (C=O) groups is 2. The van der Waals surface area contributed by atoms with Crippen LogP contribution in [0.5, 0.6) is 11.5 Å². The zero-order valence-corrected chi connectivity index (χ0v) is 19.9. The van der Waals surface area contributed by atoms with Gasteiger partial charge >= 0.3 is 5.97 Å². The van der Waals surface area contributed by atoms with Crippen molar-refractivity contribution >= 4 is 34.2 Å². The highest BCUT2D eigenvalue weighted by Crippen LogP contribution is 2.31. The third-order valence-corrected chi connectivity index (χ3v) is 6.14. The molecule has 2 heterocycles. The van der Waals surface area contributed by atoms with Gasteiger partial charge in [0.2, 0.25) is 5.91 Å². The monoisotopic (exact) mass is 466 g/mol. The fourth-order valence-corrected chi connectivity index (χ4v) is 4.40. The second-order valence-corrected chi connectivity index (χ2v) is 8.30. The number of aromatic nitrogens is 1. The van der Waals surface area contributed by atoms with E-state index in [1.807, 2.05) is 18.2 Å². The molecule has 34 heavy (non-hydrogen) atoms. The molecule has 1 unspecified atom stereocenters. The first kappa shape index (κ1) is 23.4. The zero-order chi connectivity index (χ0) is 24.2. The van der Waals surface area contributed by atoms with E-state index in [1.165, 1.54) is 7.11 Å². The molecule has 180 valence electrons. The summed E-state index contributed by atoms with van der Waals surface area (Å²) >= 11 is 0. The van der Waals surface area contributed by atoms with Crippen molar-refractivity contribution in [3.63, 3.8) is 0 Å². The molecule has 0 saturated carbocycles. The summed E-state index contributed by atoms with van der Waals surface area (Å²) in [7, 11) is 4.54. The first-order valence-corrected chi connectivity index (χ1v) is 11.1. The molecule has 2 aromatic carbocycles. The van der Waals surface area contributed by atoms with Crippen LogP contribution in [0.3, 0.4) is 0 Å². The Morgan fingerprint density at radius 3 is 2.38 bits per heavy atom. The minimum absolute atomic E-state index is 0.188. The van der Waals surface area contributed by atoms with Gasteiger partial charge in [0.15, 0.2) is 0 Å². The number of hydrogen-bond donors (Lipinski definition) is 2. The lowest BCUT2D eigenvalue weighted by molar-refractivity contribution is -0.117. The van der Waals surface area contributed by atoms with Crippen molar-refractivity contribution in [2.75, 3.05) is 57.7 Å². The van der Waals surface area contributed by atoms with E-state index in [9.17, 15) is 9.59 Å². The van der Waals surface area contributed by atoms with Gasteiger partial charge in [-0.2, -0.15) is 0 Å². The van der Waals surface area contributed by atoms with E-state index < -0.39 is 5.97 Å². The Bertz CT molecular complexity index is 1170. The van der Waals surface area contributed by atoms with E-state index in [-0.39, 0.29) is 24.2 Å². The van der Waals surface area contributed by atoms with Crippen LogP contribution in [0.1, 0.15) is 17.4 Å². The number of aromatic amines is 1. The van der Waals surface area contributed by atoms with E-state index in [2.05, 4.69) is 39.2 Å². The molecule has 1 aliphatic rings. The first-order valence-electron chi connectivity index (χ1n) is 11.1. The van der Waals surface area contributed by atoms with Crippen molar-refractivity contribution in [3.05, 3.63) is 48.2 Å². The molecule has 1 atom stereocenters. The summed E-state index contributed by atoms with van der Waals surface area (Å²) < 4.78 is 15.4. The average Bonchev–Trinajstić information content (AvgIpc) is 3.21. The Balaban J connectivity index is 1.44. The number of amides is 1. The Morgan fingerprint density at radius 1 is 1.03 bits per heavy atom. The molecule has 9 heteroatoms. The summed E-state index contributed by atoms with van der Waals surface area (Å²) in [5.74, 6) is 0.736. The topological polar surface area (TPSA) is 96.1 Å². The van der Waals surface area contributed by atoms with Crippen molar-refractivity contribution in [3.8, 4) is 11.5 Å². The standard InChI is InChI=1S/C25H30N4O5/c1-16-14-28(11-12-29(16)17-5-7-18(32-2)8-6-17)15-22(30)27-23-20-10-9-19(33-3)13-21(20)26-24(23)25(31)34-4/h5-10,13,16,26H,11-12,14-15H2,1-4H3,(H,27,30). The maximum absolute atomic E-state index is 13.0.